The molecule has 1 aromatic rings. The highest BCUT2D eigenvalue weighted by molar-refractivity contribution is 5.68. The van der Waals surface area contributed by atoms with Gasteiger partial charge in [-0.05, 0) is 19.3 Å². The molecule has 0 amide bonds. The minimum absolute atomic E-state index is 0.0188. The normalized spacial score (nSPS) is 19.2. The molecular formula is C12H16FN3O2. The van der Waals surface area contributed by atoms with E-state index in [2.05, 4.69) is 9.97 Å². The van der Waals surface area contributed by atoms with Crippen LogP contribution >= 0.6 is 0 Å². The summed E-state index contributed by atoms with van der Waals surface area (Å²) in [5.41, 5.74) is 0.376. The summed E-state index contributed by atoms with van der Waals surface area (Å²) in [5.74, 6) is -1.04. The summed E-state index contributed by atoms with van der Waals surface area (Å²) in [7, 11) is 0. The molecule has 1 saturated heterocycles. The molecule has 0 spiro atoms. The third kappa shape index (κ3) is 2.42. The number of aryl methyl sites for hydroxylation is 1. The minimum atomic E-state index is -0.864. The Labute approximate surface area is 105 Å². The quantitative estimate of drug-likeness (QED) is 0.883. The van der Waals surface area contributed by atoms with E-state index in [9.17, 15) is 9.18 Å². The molecule has 98 valence electrons. The van der Waals surface area contributed by atoms with Crippen LogP contribution in [0.5, 0.6) is 0 Å². The van der Waals surface area contributed by atoms with Crippen molar-refractivity contribution in [1.82, 2.24) is 9.97 Å². The number of halogens is 1. The van der Waals surface area contributed by atoms with Crippen molar-refractivity contribution in [3.63, 3.8) is 0 Å². The molecule has 1 fully saturated rings. The van der Waals surface area contributed by atoms with Crippen LogP contribution in [0.15, 0.2) is 6.33 Å². The van der Waals surface area contributed by atoms with E-state index in [1.807, 2.05) is 6.92 Å². The Morgan fingerprint density at radius 3 is 3.06 bits per heavy atom. The Morgan fingerprint density at radius 1 is 1.61 bits per heavy atom. The fraction of sp³-hybridized carbons (Fsp3) is 0.583. The number of anilines is 1. The molecule has 0 radical (unpaired) electrons. The van der Waals surface area contributed by atoms with Crippen molar-refractivity contribution in [1.29, 1.82) is 0 Å². The SMILES string of the molecule is CCc1ncnc(N2CCCC2CC(=O)O)c1F. The Kier molecular flexibility index (Phi) is 3.74. The van der Waals surface area contributed by atoms with Crippen LogP contribution in [0.4, 0.5) is 10.2 Å². The van der Waals surface area contributed by atoms with Crippen LogP contribution in [-0.4, -0.2) is 33.6 Å². The lowest BCUT2D eigenvalue weighted by atomic mass is 10.1. The zero-order valence-electron chi connectivity index (χ0n) is 10.3. The second kappa shape index (κ2) is 5.29. The summed E-state index contributed by atoms with van der Waals surface area (Å²) in [6.07, 6.45) is 3.48. The monoisotopic (exact) mass is 253 g/mol. The van der Waals surface area contributed by atoms with E-state index in [0.717, 1.165) is 12.8 Å². The van der Waals surface area contributed by atoms with Gasteiger partial charge in [-0.15, -0.1) is 0 Å². The number of nitrogens with zero attached hydrogens (tertiary/aromatic N) is 3. The fourth-order valence-electron chi connectivity index (χ4n) is 2.37. The maximum absolute atomic E-state index is 14.1. The zero-order chi connectivity index (χ0) is 13.1. The Hall–Kier alpha value is -1.72. The van der Waals surface area contributed by atoms with Gasteiger partial charge in [0, 0.05) is 12.6 Å². The highest BCUT2D eigenvalue weighted by Crippen LogP contribution is 2.28. The number of aliphatic carboxylic acids is 1. The molecule has 0 bridgehead atoms. The van der Waals surface area contributed by atoms with Gasteiger partial charge in [-0.3, -0.25) is 4.79 Å². The average molecular weight is 253 g/mol. The lowest BCUT2D eigenvalue weighted by Gasteiger charge is -2.25. The van der Waals surface area contributed by atoms with Gasteiger partial charge in [-0.25, -0.2) is 14.4 Å². The van der Waals surface area contributed by atoms with E-state index in [4.69, 9.17) is 5.11 Å². The molecular weight excluding hydrogens is 237 g/mol. The smallest absolute Gasteiger partial charge is 0.305 e. The maximum atomic E-state index is 14.1. The van der Waals surface area contributed by atoms with Gasteiger partial charge in [0.2, 0.25) is 0 Å². The first-order valence-corrected chi connectivity index (χ1v) is 6.11. The number of carbonyl (C=O) groups is 1. The van der Waals surface area contributed by atoms with E-state index in [1.165, 1.54) is 6.33 Å². The second-order valence-electron chi connectivity index (χ2n) is 4.40. The zero-order valence-corrected chi connectivity index (χ0v) is 10.3. The molecule has 5 nitrogen and oxygen atoms in total. The number of carboxylic acid groups (broad SMARTS) is 1. The van der Waals surface area contributed by atoms with Gasteiger partial charge < -0.3 is 10.0 Å². The average Bonchev–Trinajstić information content (AvgIpc) is 2.76. The molecule has 1 unspecified atom stereocenters. The molecule has 0 aromatic carbocycles. The number of aromatic nitrogens is 2. The Morgan fingerprint density at radius 2 is 2.39 bits per heavy atom. The van der Waals surface area contributed by atoms with Crippen molar-refractivity contribution in [3.05, 3.63) is 17.8 Å². The maximum Gasteiger partial charge on any atom is 0.305 e. The third-order valence-corrected chi connectivity index (χ3v) is 3.24. The van der Waals surface area contributed by atoms with Crippen LogP contribution < -0.4 is 4.90 Å². The van der Waals surface area contributed by atoms with Crippen LogP contribution in [0.1, 0.15) is 31.9 Å². The molecule has 0 saturated carbocycles. The largest absolute Gasteiger partial charge is 0.481 e. The number of rotatable bonds is 4. The first-order chi connectivity index (χ1) is 8.63. The van der Waals surface area contributed by atoms with Crippen molar-refractivity contribution >= 4 is 11.8 Å². The topological polar surface area (TPSA) is 66.3 Å². The Balaban J connectivity index is 2.27. The van der Waals surface area contributed by atoms with Crippen molar-refractivity contribution in [2.24, 2.45) is 0 Å². The Bertz CT molecular complexity index is 453. The molecule has 1 N–H and O–H groups in total. The van der Waals surface area contributed by atoms with Crippen LogP contribution in [0, 0.1) is 5.82 Å². The van der Waals surface area contributed by atoms with Crippen LogP contribution in [0.25, 0.3) is 0 Å². The second-order valence-corrected chi connectivity index (χ2v) is 4.40. The molecule has 0 aliphatic carbocycles. The van der Waals surface area contributed by atoms with E-state index in [-0.39, 0.29) is 18.3 Å². The molecule has 1 atom stereocenters. The van der Waals surface area contributed by atoms with Crippen LogP contribution in [0.3, 0.4) is 0 Å². The number of carboxylic acids is 1. The van der Waals surface area contributed by atoms with Gasteiger partial charge in [0.25, 0.3) is 0 Å². The van der Waals surface area contributed by atoms with Crippen molar-refractivity contribution in [3.8, 4) is 0 Å². The van der Waals surface area contributed by atoms with Gasteiger partial charge in [-0.2, -0.15) is 0 Å². The number of hydrogen-bond donors (Lipinski definition) is 1. The van der Waals surface area contributed by atoms with E-state index in [1.54, 1.807) is 4.90 Å². The third-order valence-electron chi connectivity index (χ3n) is 3.24. The van der Waals surface area contributed by atoms with Gasteiger partial charge in [0.05, 0.1) is 12.1 Å². The lowest BCUT2D eigenvalue weighted by molar-refractivity contribution is -0.137. The summed E-state index contributed by atoms with van der Waals surface area (Å²) >= 11 is 0. The van der Waals surface area contributed by atoms with Gasteiger partial charge in [0.15, 0.2) is 11.6 Å². The molecule has 2 heterocycles. The van der Waals surface area contributed by atoms with Gasteiger partial charge in [-0.1, -0.05) is 6.92 Å². The van der Waals surface area contributed by atoms with E-state index >= 15 is 0 Å². The predicted octanol–water partition coefficient (Wildman–Crippen LogP) is 1.62. The standard InChI is InChI=1S/C12H16FN3O2/c1-2-9-11(13)12(15-7-14-9)16-5-3-4-8(16)6-10(17)18/h7-8H,2-6H2,1H3,(H,17,18). The van der Waals surface area contributed by atoms with Crippen molar-refractivity contribution in [2.75, 3.05) is 11.4 Å². The molecule has 1 aromatic heterocycles. The van der Waals surface area contributed by atoms with Crippen molar-refractivity contribution < 1.29 is 14.3 Å². The summed E-state index contributed by atoms with van der Waals surface area (Å²) in [6, 6.07) is -0.170. The van der Waals surface area contributed by atoms with E-state index < -0.39 is 11.8 Å². The van der Waals surface area contributed by atoms with Crippen LogP contribution in [-0.2, 0) is 11.2 Å². The summed E-state index contributed by atoms with van der Waals surface area (Å²) in [6.45, 7) is 2.48. The summed E-state index contributed by atoms with van der Waals surface area (Å²) in [5, 5.41) is 8.86. The van der Waals surface area contributed by atoms with E-state index in [0.29, 0.717) is 18.7 Å². The molecule has 1 aliphatic rings. The summed E-state index contributed by atoms with van der Waals surface area (Å²) in [4.78, 5) is 20.4. The highest BCUT2D eigenvalue weighted by atomic mass is 19.1. The molecule has 2 rings (SSSR count). The van der Waals surface area contributed by atoms with Gasteiger partial charge >= 0.3 is 5.97 Å². The van der Waals surface area contributed by atoms with Crippen molar-refractivity contribution in [2.45, 2.75) is 38.6 Å². The predicted molar refractivity (Wildman–Crippen MR) is 64.0 cm³/mol. The molecule has 1 aliphatic heterocycles. The molecule has 6 heteroatoms. The highest BCUT2D eigenvalue weighted by Gasteiger charge is 2.30. The summed E-state index contributed by atoms with van der Waals surface area (Å²) < 4.78 is 14.1. The number of hydrogen-bond acceptors (Lipinski definition) is 4. The van der Waals surface area contributed by atoms with Gasteiger partial charge in [0.1, 0.15) is 6.33 Å². The first kappa shape index (κ1) is 12.7. The van der Waals surface area contributed by atoms with Crippen LogP contribution in [0.2, 0.25) is 0 Å². The lowest BCUT2D eigenvalue weighted by Crippen LogP contribution is -2.33. The molecule has 18 heavy (non-hydrogen) atoms. The first-order valence-electron chi connectivity index (χ1n) is 6.11. The fourth-order valence-corrected chi connectivity index (χ4v) is 2.37. The minimum Gasteiger partial charge on any atom is -0.481 e.